The highest BCUT2D eigenvalue weighted by atomic mass is 16.4. The van der Waals surface area contributed by atoms with Crippen molar-refractivity contribution in [2.45, 2.75) is 6.61 Å². The molecule has 0 saturated heterocycles. The molecule has 0 aliphatic rings. The molecule has 0 unspecified atom stereocenters. The summed E-state index contributed by atoms with van der Waals surface area (Å²) in [6, 6.07) is 16.0. The lowest BCUT2D eigenvalue weighted by Crippen LogP contribution is -1.85. The van der Waals surface area contributed by atoms with Crippen molar-refractivity contribution in [1.82, 2.24) is 4.98 Å². The Labute approximate surface area is 147 Å². The summed E-state index contributed by atoms with van der Waals surface area (Å²) in [6.45, 7) is -0.189. The van der Waals surface area contributed by atoms with Crippen LogP contribution >= 0.6 is 0 Å². The second-order valence-electron chi connectivity index (χ2n) is 6.50. The highest BCUT2D eigenvalue weighted by Gasteiger charge is 2.24. The standard InChI is InChI=1S/C22H13NO3/c24-11-18-21(15-4-1-2-6-16(15)25-18)22-19-13-8-12(9-23-10-13)14-5-3-7-17(26-22)20(14)19/h1-10,24H,11H2. The van der Waals surface area contributed by atoms with E-state index < -0.39 is 0 Å². The lowest BCUT2D eigenvalue weighted by molar-refractivity contribution is 0.251. The zero-order valence-corrected chi connectivity index (χ0v) is 13.7. The second kappa shape index (κ2) is 4.84. The molecule has 0 spiro atoms. The molecule has 3 aromatic carbocycles. The Bertz CT molecular complexity index is 1420. The number of aromatic nitrogens is 1. The third kappa shape index (κ3) is 1.64. The van der Waals surface area contributed by atoms with Crippen molar-refractivity contribution in [3.63, 3.8) is 0 Å². The van der Waals surface area contributed by atoms with E-state index in [0.29, 0.717) is 5.76 Å². The fourth-order valence-corrected chi connectivity index (χ4v) is 4.02. The van der Waals surface area contributed by atoms with E-state index in [4.69, 9.17) is 8.83 Å². The number of nitrogens with zero attached hydrogens (tertiary/aromatic N) is 1. The molecule has 0 fully saturated rings. The minimum absolute atomic E-state index is 0.189. The zero-order valence-electron chi connectivity index (χ0n) is 13.7. The fourth-order valence-electron chi connectivity index (χ4n) is 4.02. The van der Waals surface area contributed by atoms with Gasteiger partial charge < -0.3 is 13.9 Å². The van der Waals surface area contributed by atoms with Crippen molar-refractivity contribution in [2.75, 3.05) is 0 Å². The van der Waals surface area contributed by atoms with E-state index >= 15 is 0 Å². The van der Waals surface area contributed by atoms with Crippen LogP contribution in [0.2, 0.25) is 0 Å². The number of furan rings is 2. The van der Waals surface area contributed by atoms with Crippen LogP contribution in [0.15, 0.2) is 69.8 Å². The van der Waals surface area contributed by atoms with Gasteiger partial charge in [0.05, 0.1) is 5.56 Å². The summed E-state index contributed by atoms with van der Waals surface area (Å²) in [7, 11) is 0. The molecular formula is C22H13NO3. The van der Waals surface area contributed by atoms with Gasteiger partial charge in [-0.3, -0.25) is 4.98 Å². The molecule has 0 atom stereocenters. The largest absolute Gasteiger partial charge is 0.458 e. The number of pyridine rings is 1. The van der Waals surface area contributed by atoms with Crippen molar-refractivity contribution < 1.29 is 13.9 Å². The number of rotatable bonds is 2. The zero-order chi connectivity index (χ0) is 17.3. The summed E-state index contributed by atoms with van der Waals surface area (Å²) in [4.78, 5) is 4.38. The average molecular weight is 339 g/mol. The van der Waals surface area contributed by atoms with Crippen LogP contribution in [-0.2, 0) is 6.61 Å². The monoisotopic (exact) mass is 339 g/mol. The van der Waals surface area contributed by atoms with Crippen LogP contribution in [0.5, 0.6) is 0 Å². The fraction of sp³-hybridized carbons (Fsp3) is 0.0455. The van der Waals surface area contributed by atoms with Gasteiger partial charge in [-0.1, -0.05) is 30.3 Å². The summed E-state index contributed by atoms with van der Waals surface area (Å²) < 4.78 is 12.2. The highest BCUT2D eigenvalue weighted by Crippen LogP contribution is 2.45. The Kier molecular flexibility index (Phi) is 2.58. The minimum atomic E-state index is -0.189. The molecule has 0 aliphatic heterocycles. The SMILES string of the molecule is OCc1oc2ccccc2c1-c1oc2cccc3c4cncc(c4)c1c23. The van der Waals surface area contributed by atoms with E-state index in [1.165, 1.54) is 0 Å². The van der Waals surface area contributed by atoms with Crippen LogP contribution in [0.4, 0.5) is 0 Å². The number of aliphatic hydroxyl groups excluding tert-OH is 1. The normalized spacial score (nSPS) is 12.2. The van der Waals surface area contributed by atoms with Gasteiger partial charge in [0.2, 0.25) is 0 Å². The Morgan fingerprint density at radius 2 is 1.62 bits per heavy atom. The van der Waals surface area contributed by atoms with Gasteiger partial charge in [-0.15, -0.1) is 0 Å². The minimum Gasteiger partial charge on any atom is -0.458 e. The number of hydrogen-bond donors (Lipinski definition) is 1. The van der Waals surface area contributed by atoms with E-state index in [9.17, 15) is 5.11 Å². The highest BCUT2D eigenvalue weighted by molar-refractivity contribution is 6.25. The van der Waals surface area contributed by atoms with E-state index in [0.717, 1.165) is 54.8 Å². The molecule has 4 nitrogen and oxygen atoms in total. The summed E-state index contributed by atoms with van der Waals surface area (Å²) >= 11 is 0. The van der Waals surface area contributed by atoms with Gasteiger partial charge in [0.15, 0.2) is 0 Å². The molecular weight excluding hydrogens is 326 g/mol. The number of benzene rings is 3. The summed E-state index contributed by atoms with van der Waals surface area (Å²) in [5, 5.41) is 16.1. The average Bonchev–Trinajstić information content (AvgIpc) is 3.25. The Balaban J connectivity index is 1.87. The van der Waals surface area contributed by atoms with Crippen molar-refractivity contribution >= 4 is 43.5 Å². The molecule has 6 aromatic rings. The van der Waals surface area contributed by atoms with Crippen LogP contribution in [0.3, 0.4) is 0 Å². The van der Waals surface area contributed by atoms with Gasteiger partial charge in [0, 0.05) is 39.3 Å². The van der Waals surface area contributed by atoms with Crippen molar-refractivity contribution in [3.8, 4) is 11.3 Å². The first-order valence-corrected chi connectivity index (χ1v) is 8.48. The first kappa shape index (κ1) is 13.9. The topological polar surface area (TPSA) is 59.4 Å². The third-order valence-corrected chi connectivity index (χ3v) is 5.09. The van der Waals surface area contributed by atoms with E-state index in [1.54, 1.807) is 0 Å². The summed E-state index contributed by atoms with van der Waals surface area (Å²) in [5.41, 5.74) is 2.38. The maximum atomic E-state index is 9.88. The lowest BCUT2D eigenvalue weighted by Gasteiger charge is -2.04. The van der Waals surface area contributed by atoms with Crippen LogP contribution in [0, 0.1) is 0 Å². The van der Waals surface area contributed by atoms with Crippen LogP contribution in [0.1, 0.15) is 5.76 Å². The second-order valence-corrected chi connectivity index (χ2v) is 6.50. The molecule has 124 valence electrons. The maximum Gasteiger partial charge on any atom is 0.147 e. The van der Waals surface area contributed by atoms with Gasteiger partial charge in [0.25, 0.3) is 0 Å². The Morgan fingerprint density at radius 1 is 0.808 bits per heavy atom. The van der Waals surface area contributed by atoms with Crippen LogP contribution in [0.25, 0.3) is 54.8 Å². The molecule has 6 rings (SSSR count). The molecule has 26 heavy (non-hydrogen) atoms. The molecule has 2 bridgehead atoms. The first-order chi connectivity index (χ1) is 12.8. The summed E-state index contributed by atoms with van der Waals surface area (Å²) in [6.07, 6.45) is 3.73. The molecule has 4 heteroatoms. The Morgan fingerprint density at radius 3 is 2.54 bits per heavy atom. The van der Waals surface area contributed by atoms with Crippen molar-refractivity contribution in [1.29, 1.82) is 0 Å². The first-order valence-electron chi connectivity index (χ1n) is 8.48. The van der Waals surface area contributed by atoms with E-state index in [2.05, 4.69) is 17.1 Å². The quantitative estimate of drug-likeness (QED) is 0.454. The van der Waals surface area contributed by atoms with Gasteiger partial charge in [-0.05, 0) is 23.6 Å². The number of hydrogen-bond acceptors (Lipinski definition) is 4. The smallest absolute Gasteiger partial charge is 0.147 e. The van der Waals surface area contributed by atoms with Crippen molar-refractivity contribution in [3.05, 3.63) is 66.7 Å². The van der Waals surface area contributed by atoms with E-state index in [1.807, 2.05) is 48.8 Å². The molecule has 3 heterocycles. The maximum absolute atomic E-state index is 9.88. The molecule has 0 aliphatic carbocycles. The van der Waals surface area contributed by atoms with Crippen LogP contribution < -0.4 is 0 Å². The Hall–Kier alpha value is -3.37. The number of fused-ring (bicyclic) bond motifs is 5. The molecule has 0 amide bonds. The number of para-hydroxylation sites is 1. The molecule has 3 aromatic heterocycles. The predicted molar refractivity (Wildman–Crippen MR) is 101 cm³/mol. The molecule has 0 radical (unpaired) electrons. The van der Waals surface area contributed by atoms with Gasteiger partial charge in [-0.2, -0.15) is 0 Å². The van der Waals surface area contributed by atoms with Gasteiger partial charge >= 0.3 is 0 Å². The summed E-state index contributed by atoms with van der Waals surface area (Å²) in [5.74, 6) is 1.23. The molecule has 1 N–H and O–H groups in total. The van der Waals surface area contributed by atoms with Gasteiger partial charge in [0.1, 0.15) is 29.3 Å². The number of aliphatic hydroxyl groups is 1. The van der Waals surface area contributed by atoms with E-state index in [-0.39, 0.29) is 6.61 Å². The molecule has 0 saturated carbocycles. The predicted octanol–water partition coefficient (Wildman–Crippen LogP) is 5.48. The third-order valence-electron chi connectivity index (χ3n) is 5.09. The van der Waals surface area contributed by atoms with Gasteiger partial charge in [-0.25, -0.2) is 0 Å². The van der Waals surface area contributed by atoms with Crippen LogP contribution in [-0.4, -0.2) is 10.1 Å². The lowest BCUT2D eigenvalue weighted by atomic mass is 9.97. The van der Waals surface area contributed by atoms with Crippen molar-refractivity contribution in [2.24, 2.45) is 0 Å².